The van der Waals surface area contributed by atoms with Gasteiger partial charge in [-0.3, -0.25) is 5.10 Å². The SMILES string of the molecule is CC(C)(C)c1[nH]ncc1CNC[C@@H]1CCCOC1. The third-order valence-electron chi connectivity index (χ3n) is 3.47. The molecule has 1 saturated heterocycles. The second-order valence-corrected chi connectivity index (χ2v) is 6.23. The van der Waals surface area contributed by atoms with Crippen molar-refractivity contribution in [3.05, 3.63) is 17.5 Å². The fourth-order valence-corrected chi connectivity index (χ4v) is 2.47. The van der Waals surface area contributed by atoms with Crippen LogP contribution in [0.15, 0.2) is 6.20 Å². The van der Waals surface area contributed by atoms with Crippen LogP contribution in [0.1, 0.15) is 44.9 Å². The molecule has 0 unspecified atom stereocenters. The van der Waals surface area contributed by atoms with Crippen LogP contribution in [0.2, 0.25) is 0 Å². The van der Waals surface area contributed by atoms with Gasteiger partial charge in [-0.15, -0.1) is 0 Å². The molecular weight excluding hydrogens is 226 g/mol. The lowest BCUT2D eigenvalue weighted by atomic mass is 9.89. The van der Waals surface area contributed by atoms with Gasteiger partial charge in [-0.1, -0.05) is 20.8 Å². The zero-order chi connectivity index (χ0) is 13.0. The molecule has 1 aliphatic rings. The van der Waals surface area contributed by atoms with Gasteiger partial charge in [0, 0.05) is 36.4 Å². The van der Waals surface area contributed by atoms with E-state index < -0.39 is 0 Å². The highest BCUT2D eigenvalue weighted by molar-refractivity contribution is 5.23. The Bertz CT molecular complexity index is 361. The van der Waals surface area contributed by atoms with Crippen molar-refractivity contribution in [2.75, 3.05) is 19.8 Å². The molecule has 4 heteroatoms. The molecule has 0 aromatic carbocycles. The van der Waals surface area contributed by atoms with Crippen molar-refractivity contribution in [3.63, 3.8) is 0 Å². The molecule has 2 N–H and O–H groups in total. The number of aromatic nitrogens is 2. The van der Waals surface area contributed by atoms with E-state index in [0.717, 1.165) is 26.3 Å². The molecule has 0 saturated carbocycles. The Kier molecular flexibility index (Phi) is 4.40. The summed E-state index contributed by atoms with van der Waals surface area (Å²) in [5, 5.41) is 10.8. The summed E-state index contributed by atoms with van der Waals surface area (Å²) < 4.78 is 5.49. The Morgan fingerprint density at radius 2 is 2.33 bits per heavy atom. The summed E-state index contributed by atoms with van der Waals surface area (Å²) in [6.45, 7) is 10.4. The van der Waals surface area contributed by atoms with Crippen molar-refractivity contribution in [2.24, 2.45) is 5.92 Å². The minimum Gasteiger partial charge on any atom is -0.381 e. The van der Waals surface area contributed by atoms with E-state index >= 15 is 0 Å². The van der Waals surface area contributed by atoms with E-state index in [2.05, 4.69) is 36.3 Å². The smallest absolute Gasteiger partial charge is 0.0535 e. The number of hydrogen-bond acceptors (Lipinski definition) is 3. The predicted molar refractivity (Wildman–Crippen MR) is 72.5 cm³/mol. The van der Waals surface area contributed by atoms with E-state index in [-0.39, 0.29) is 5.41 Å². The minimum absolute atomic E-state index is 0.126. The van der Waals surface area contributed by atoms with Gasteiger partial charge in [-0.25, -0.2) is 0 Å². The molecule has 2 heterocycles. The number of rotatable bonds is 4. The standard InChI is InChI=1S/C14H25N3O/c1-14(2,3)13-12(9-16-17-13)8-15-7-11-5-4-6-18-10-11/h9,11,15H,4-8,10H2,1-3H3,(H,16,17)/t11-/m0/s1. The van der Waals surface area contributed by atoms with Crippen LogP contribution in [0, 0.1) is 5.92 Å². The predicted octanol–water partition coefficient (Wildman–Crippen LogP) is 2.22. The summed E-state index contributed by atoms with van der Waals surface area (Å²) in [4.78, 5) is 0. The molecule has 18 heavy (non-hydrogen) atoms. The molecule has 1 aromatic heterocycles. The average Bonchev–Trinajstić information content (AvgIpc) is 2.78. The highest BCUT2D eigenvalue weighted by Crippen LogP contribution is 2.23. The third kappa shape index (κ3) is 3.56. The fourth-order valence-electron chi connectivity index (χ4n) is 2.47. The maximum Gasteiger partial charge on any atom is 0.0535 e. The zero-order valence-corrected chi connectivity index (χ0v) is 11.8. The first kappa shape index (κ1) is 13.6. The van der Waals surface area contributed by atoms with Crippen LogP contribution >= 0.6 is 0 Å². The monoisotopic (exact) mass is 251 g/mol. The lowest BCUT2D eigenvalue weighted by Crippen LogP contribution is -2.29. The Morgan fingerprint density at radius 3 is 3.00 bits per heavy atom. The molecule has 0 bridgehead atoms. The van der Waals surface area contributed by atoms with Gasteiger partial charge in [0.05, 0.1) is 12.8 Å². The van der Waals surface area contributed by atoms with Crippen LogP contribution in [-0.4, -0.2) is 30.0 Å². The van der Waals surface area contributed by atoms with Crippen molar-refractivity contribution in [1.29, 1.82) is 0 Å². The molecule has 0 radical (unpaired) electrons. The Hall–Kier alpha value is -0.870. The van der Waals surface area contributed by atoms with E-state index in [1.54, 1.807) is 0 Å². The first-order chi connectivity index (χ1) is 8.57. The summed E-state index contributed by atoms with van der Waals surface area (Å²) in [6, 6.07) is 0. The highest BCUT2D eigenvalue weighted by atomic mass is 16.5. The molecule has 0 aliphatic carbocycles. The summed E-state index contributed by atoms with van der Waals surface area (Å²) in [5.74, 6) is 0.670. The molecule has 1 atom stereocenters. The van der Waals surface area contributed by atoms with Crippen LogP contribution in [0.5, 0.6) is 0 Å². The normalized spacial score (nSPS) is 21.2. The number of hydrogen-bond donors (Lipinski definition) is 2. The topological polar surface area (TPSA) is 49.9 Å². The maximum atomic E-state index is 5.49. The molecule has 2 rings (SSSR count). The van der Waals surface area contributed by atoms with Gasteiger partial charge in [0.25, 0.3) is 0 Å². The quantitative estimate of drug-likeness (QED) is 0.862. The third-order valence-corrected chi connectivity index (χ3v) is 3.47. The van der Waals surface area contributed by atoms with E-state index in [1.807, 2.05) is 6.20 Å². The molecule has 0 amide bonds. The van der Waals surface area contributed by atoms with Crippen molar-refractivity contribution >= 4 is 0 Å². The second-order valence-electron chi connectivity index (χ2n) is 6.23. The number of nitrogens with one attached hydrogen (secondary N) is 2. The van der Waals surface area contributed by atoms with Crippen molar-refractivity contribution < 1.29 is 4.74 Å². The molecular formula is C14H25N3O. The van der Waals surface area contributed by atoms with Crippen LogP contribution < -0.4 is 5.32 Å². The van der Waals surface area contributed by atoms with Gasteiger partial charge in [0.1, 0.15) is 0 Å². The molecule has 4 nitrogen and oxygen atoms in total. The van der Waals surface area contributed by atoms with Gasteiger partial charge in [0.15, 0.2) is 0 Å². The van der Waals surface area contributed by atoms with E-state index in [9.17, 15) is 0 Å². The number of ether oxygens (including phenoxy) is 1. The highest BCUT2D eigenvalue weighted by Gasteiger charge is 2.20. The van der Waals surface area contributed by atoms with E-state index in [1.165, 1.54) is 24.1 Å². The van der Waals surface area contributed by atoms with E-state index in [0.29, 0.717) is 5.92 Å². The molecule has 1 aromatic rings. The lowest BCUT2D eigenvalue weighted by molar-refractivity contribution is 0.0547. The molecule has 0 spiro atoms. The van der Waals surface area contributed by atoms with Crippen molar-refractivity contribution in [3.8, 4) is 0 Å². The van der Waals surface area contributed by atoms with Crippen LogP contribution in [0.4, 0.5) is 0 Å². The van der Waals surface area contributed by atoms with Gasteiger partial charge in [-0.2, -0.15) is 5.10 Å². The second kappa shape index (κ2) is 5.85. The average molecular weight is 251 g/mol. The van der Waals surface area contributed by atoms with Gasteiger partial charge < -0.3 is 10.1 Å². The van der Waals surface area contributed by atoms with Crippen molar-refractivity contribution in [1.82, 2.24) is 15.5 Å². The zero-order valence-electron chi connectivity index (χ0n) is 11.8. The number of aromatic amines is 1. The first-order valence-electron chi connectivity index (χ1n) is 6.88. The number of nitrogens with zero attached hydrogens (tertiary/aromatic N) is 1. The minimum atomic E-state index is 0.126. The summed E-state index contributed by atoms with van der Waals surface area (Å²) in [5.41, 5.74) is 2.63. The van der Waals surface area contributed by atoms with Gasteiger partial charge in [-0.05, 0) is 18.8 Å². The van der Waals surface area contributed by atoms with Crippen LogP contribution in [0.3, 0.4) is 0 Å². The molecule has 1 fully saturated rings. The molecule has 102 valence electrons. The Balaban J connectivity index is 1.81. The lowest BCUT2D eigenvalue weighted by Gasteiger charge is -2.23. The van der Waals surface area contributed by atoms with E-state index in [4.69, 9.17) is 4.74 Å². The molecule has 1 aliphatic heterocycles. The van der Waals surface area contributed by atoms with Crippen LogP contribution in [-0.2, 0) is 16.7 Å². The first-order valence-corrected chi connectivity index (χ1v) is 6.88. The summed E-state index contributed by atoms with van der Waals surface area (Å²) in [6.07, 6.45) is 4.42. The summed E-state index contributed by atoms with van der Waals surface area (Å²) >= 11 is 0. The maximum absolute atomic E-state index is 5.49. The Morgan fingerprint density at radius 1 is 1.50 bits per heavy atom. The van der Waals surface area contributed by atoms with Crippen LogP contribution in [0.25, 0.3) is 0 Å². The Labute approximate surface area is 110 Å². The van der Waals surface area contributed by atoms with Gasteiger partial charge >= 0.3 is 0 Å². The largest absolute Gasteiger partial charge is 0.381 e. The summed E-state index contributed by atoms with van der Waals surface area (Å²) in [7, 11) is 0. The fraction of sp³-hybridized carbons (Fsp3) is 0.786. The number of H-pyrrole nitrogens is 1. The van der Waals surface area contributed by atoms with Crippen molar-refractivity contribution in [2.45, 2.75) is 45.6 Å². The van der Waals surface area contributed by atoms with Gasteiger partial charge in [0.2, 0.25) is 0 Å².